The van der Waals surface area contributed by atoms with E-state index in [9.17, 15) is 9.59 Å². The molecule has 120 valence electrons. The van der Waals surface area contributed by atoms with Crippen molar-refractivity contribution in [1.29, 1.82) is 0 Å². The fourth-order valence-corrected chi connectivity index (χ4v) is 2.10. The van der Waals surface area contributed by atoms with Crippen LogP contribution >= 0.6 is 0 Å². The van der Waals surface area contributed by atoms with Crippen molar-refractivity contribution in [3.63, 3.8) is 0 Å². The smallest absolute Gasteiger partial charge is 0.262 e. The quantitative estimate of drug-likeness (QED) is 0.825. The molecule has 0 heterocycles. The highest BCUT2D eigenvalue weighted by molar-refractivity contribution is 5.95. The summed E-state index contributed by atoms with van der Waals surface area (Å²) in [7, 11) is 0. The van der Waals surface area contributed by atoms with E-state index in [2.05, 4.69) is 12.2 Å². The Balaban J connectivity index is 1.83. The Labute approximate surface area is 135 Å². The highest BCUT2D eigenvalue weighted by atomic mass is 16.5. The topological polar surface area (TPSA) is 81.4 Å². The average Bonchev–Trinajstić information content (AvgIpc) is 2.55. The minimum absolute atomic E-state index is 0.0787. The summed E-state index contributed by atoms with van der Waals surface area (Å²) in [5, 5.41) is 2.69. The Morgan fingerprint density at radius 1 is 1.04 bits per heavy atom. The van der Waals surface area contributed by atoms with Crippen molar-refractivity contribution in [2.45, 2.75) is 19.8 Å². The molecular formula is C18H20N2O3. The maximum absolute atomic E-state index is 11.8. The molecule has 0 bridgehead atoms. The maximum atomic E-state index is 11.8. The first-order chi connectivity index (χ1) is 11.1. The molecule has 0 unspecified atom stereocenters. The van der Waals surface area contributed by atoms with Gasteiger partial charge in [-0.1, -0.05) is 25.5 Å². The lowest BCUT2D eigenvalue weighted by atomic mass is 10.1. The van der Waals surface area contributed by atoms with Gasteiger partial charge in [-0.2, -0.15) is 0 Å². The molecule has 5 heteroatoms. The van der Waals surface area contributed by atoms with E-state index in [-0.39, 0.29) is 12.5 Å². The Morgan fingerprint density at radius 3 is 2.26 bits per heavy atom. The van der Waals surface area contributed by atoms with Gasteiger partial charge in [0, 0.05) is 11.3 Å². The van der Waals surface area contributed by atoms with Gasteiger partial charge in [0.25, 0.3) is 5.91 Å². The van der Waals surface area contributed by atoms with Gasteiger partial charge in [0.05, 0.1) is 0 Å². The van der Waals surface area contributed by atoms with Crippen LogP contribution in [-0.2, 0) is 11.2 Å². The lowest BCUT2D eigenvalue weighted by molar-refractivity contribution is -0.118. The fourth-order valence-electron chi connectivity index (χ4n) is 2.10. The van der Waals surface area contributed by atoms with Gasteiger partial charge < -0.3 is 15.8 Å². The average molecular weight is 312 g/mol. The lowest BCUT2D eigenvalue weighted by Gasteiger charge is -2.08. The van der Waals surface area contributed by atoms with Crippen molar-refractivity contribution >= 4 is 17.5 Å². The summed E-state index contributed by atoms with van der Waals surface area (Å²) in [6.07, 6.45) is 2.12. The third-order valence-electron chi connectivity index (χ3n) is 3.29. The number of rotatable bonds is 7. The number of ether oxygens (including phenoxy) is 1. The molecule has 2 rings (SSSR count). The van der Waals surface area contributed by atoms with Crippen LogP contribution in [0.1, 0.15) is 29.3 Å². The van der Waals surface area contributed by atoms with E-state index in [1.54, 1.807) is 24.3 Å². The number of aryl methyl sites for hydroxylation is 1. The molecule has 0 saturated carbocycles. The lowest BCUT2D eigenvalue weighted by Crippen LogP contribution is -2.20. The van der Waals surface area contributed by atoms with Crippen LogP contribution in [0.4, 0.5) is 5.69 Å². The summed E-state index contributed by atoms with van der Waals surface area (Å²) in [4.78, 5) is 22.8. The molecule has 0 aliphatic carbocycles. The molecule has 2 aromatic carbocycles. The van der Waals surface area contributed by atoms with Crippen LogP contribution in [0.5, 0.6) is 5.75 Å². The summed E-state index contributed by atoms with van der Waals surface area (Å²) in [5.41, 5.74) is 7.39. The monoisotopic (exact) mass is 312 g/mol. The predicted octanol–water partition coefficient (Wildman–Crippen LogP) is 2.76. The van der Waals surface area contributed by atoms with Gasteiger partial charge >= 0.3 is 0 Å². The first-order valence-electron chi connectivity index (χ1n) is 7.50. The molecule has 0 atom stereocenters. The summed E-state index contributed by atoms with van der Waals surface area (Å²) in [5.74, 6) is -0.115. The number of primary amides is 1. The fraction of sp³-hybridized carbons (Fsp3) is 0.222. The summed E-state index contributed by atoms with van der Waals surface area (Å²) >= 11 is 0. The van der Waals surface area contributed by atoms with Crippen LogP contribution in [0.15, 0.2) is 48.5 Å². The van der Waals surface area contributed by atoms with Crippen molar-refractivity contribution in [3.8, 4) is 5.75 Å². The number of hydrogen-bond acceptors (Lipinski definition) is 3. The normalized spacial score (nSPS) is 10.1. The van der Waals surface area contributed by atoms with E-state index >= 15 is 0 Å². The summed E-state index contributed by atoms with van der Waals surface area (Å²) < 4.78 is 5.45. The number of nitrogens with one attached hydrogen (secondary N) is 1. The first kappa shape index (κ1) is 16.5. The zero-order chi connectivity index (χ0) is 16.7. The van der Waals surface area contributed by atoms with Gasteiger partial charge in [-0.15, -0.1) is 0 Å². The number of benzene rings is 2. The second-order valence-electron chi connectivity index (χ2n) is 5.17. The standard InChI is InChI=1S/C18H20N2O3/c1-2-3-13-4-10-16(11-5-13)23-12-17(21)20-15-8-6-14(7-9-15)18(19)22/h4-11H,2-3,12H2,1H3,(H2,19,22)(H,20,21). The van der Waals surface area contributed by atoms with Crippen molar-refractivity contribution < 1.29 is 14.3 Å². The largest absolute Gasteiger partial charge is 0.484 e. The van der Waals surface area contributed by atoms with Crippen molar-refractivity contribution in [3.05, 3.63) is 59.7 Å². The van der Waals surface area contributed by atoms with Gasteiger partial charge in [0.2, 0.25) is 5.91 Å². The van der Waals surface area contributed by atoms with E-state index in [1.165, 1.54) is 5.56 Å². The SMILES string of the molecule is CCCc1ccc(OCC(=O)Nc2ccc(C(N)=O)cc2)cc1. The highest BCUT2D eigenvalue weighted by Gasteiger charge is 2.05. The molecule has 0 radical (unpaired) electrons. The minimum Gasteiger partial charge on any atom is -0.484 e. The van der Waals surface area contributed by atoms with E-state index in [0.717, 1.165) is 12.8 Å². The Bertz CT molecular complexity index is 664. The molecule has 5 nitrogen and oxygen atoms in total. The van der Waals surface area contributed by atoms with Crippen LogP contribution < -0.4 is 15.8 Å². The van der Waals surface area contributed by atoms with E-state index in [4.69, 9.17) is 10.5 Å². The van der Waals surface area contributed by atoms with Gasteiger partial charge in [-0.25, -0.2) is 0 Å². The Morgan fingerprint density at radius 2 is 1.70 bits per heavy atom. The van der Waals surface area contributed by atoms with Crippen LogP contribution in [0.2, 0.25) is 0 Å². The molecule has 3 N–H and O–H groups in total. The Hall–Kier alpha value is -2.82. The second-order valence-corrected chi connectivity index (χ2v) is 5.17. The maximum Gasteiger partial charge on any atom is 0.262 e. The van der Waals surface area contributed by atoms with Crippen LogP contribution in [0.3, 0.4) is 0 Å². The number of carbonyl (C=O) groups is 2. The van der Waals surface area contributed by atoms with Crippen LogP contribution in [-0.4, -0.2) is 18.4 Å². The molecule has 2 amide bonds. The molecular weight excluding hydrogens is 292 g/mol. The highest BCUT2D eigenvalue weighted by Crippen LogP contribution is 2.14. The molecule has 0 saturated heterocycles. The zero-order valence-corrected chi connectivity index (χ0v) is 13.0. The van der Waals surface area contributed by atoms with Crippen molar-refractivity contribution in [2.75, 3.05) is 11.9 Å². The van der Waals surface area contributed by atoms with Crippen LogP contribution in [0, 0.1) is 0 Å². The number of carbonyl (C=O) groups excluding carboxylic acids is 2. The third-order valence-corrected chi connectivity index (χ3v) is 3.29. The van der Waals surface area contributed by atoms with E-state index in [1.807, 2.05) is 24.3 Å². The van der Waals surface area contributed by atoms with Crippen molar-refractivity contribution in [1.82, 2.24) is 0 Å². The molecule has 2 aromatic rings. The van der Waals surface area contributed by atoms with E-state index < -0.39 is 5.91 Å². The summed E-state index contributed by atoms with van der Waals surface area (Å²) in [6, 6.07) is 14.1. The van der Waals surface area contributed by atoms with Gasteiger partial charge in [-0.3, -0.25) is 9.59 Å². The molecule has 23 heavy (non-hydrogen) atoms. The number of anilines is 1. The summed E-state index contributed by atoms with van der Waals surface area (Å²) in [6.45, 7) is 2.05. The van der Waals surface area contributed by atoms with E-state index in [0.29, 0.717) is 17.0 Å². The number of amides is 2. The predicted molar refractivity (Wildman–Crippen MR) is 89.5 cm³/mol. The zero-order valence-electron chi connectivity index (χ0n) is 13.0. The third kappa shape index (κ3) is 5.14. The Kier molecular flexibility index (Phi) is 5.74. The molecule has 0 aliphatic rings. The minimum atomic E-state index is -0.502. The number of nitrogens with two attached hydrogens (primary N) is 1. The molecule has 0 fully saturated rings. The first-order valence-corrected chi connectivity index (χ1v) is 7.50. The van der Waals surface area contributed by atoms with Gasteiger partial charge in [0.1, 0.15) is 5.75 Å². The van der Waals surface area contributed by atoms with Gasteiger partial charge in [-0.05, 0) is 48.4 Å². The van der Waals surface area contributed by atoms with Gasteiger partial charge in [0.15, 0.2) is 6.61 Å². The molecule has 0 aliphatic heterocycles. The molecule has 0 spiro atoms. The molecule has 0 aromatic heterocycles. The number of hydrogen-bond donors (Lipinski definition) is 2. The van der Waals surface area contributed by atoms with Crippen LogP contribution in [0.25, 0.3) is 0 Å². The van der Waals surface area contributed by atoms with Crippen molar-refractivity contribution in [2.24, 2.45) is 5.73 Å². The second kappa shape index (κ2) is 7.98.